The summed E-state index contributed by atoms with van der Waals surface area (Å²) in [6, 6.07) is 26.3. The number of benzene rings is 3. The van der Waals surface area contributed by atoms with Crippen LogP contribution in [0.2, 0.25) is 0 Å². The van der Waals surface area contributed by atoms with E-state index in [0.29, 0.717) is 26.4 Å². The van der Waals surface area contributed by atoms with Crippen LogP contribution in [0.1, 0.15) is 59.3 Å². The van der Waals surface area contributed by atoms with Crippen LogP contribution in [-0.4, -0.2) is 32.4 Å². The van der Waals surface area contributed by atoms with Gasteiger partial charge in [-0.25, -0.2) is 0 Å². The van der Waals surface area contributed by atoms with E-state index in [1.807, 2.05) is 81.4 Å². The summed E-state index contributed by atoms with van der Waals surface area (Å²) in [4.78, 5) is 12.0. The van der Waals surface area contributed by atoms with Crippen molar-refractivity contribution in [2.24, 2.45) is 5.41 Å². The Kier molecular flexibility index (Phi) is 12.0. The van der Waals surface area contributed by atoms with Crippen LogP contribution < -0.4 is 14.2 Å². The number of hydrogen-bond donors (Lipinski definition) is 0. The minimum absolute atomic E-state index is 0.130. The molecule has 0 heterocycles. The second kappa shape index (κ2) is 15.7. The van der Waals surface area contributed by atoms with E-state index in [0.717, 1.165) is 61.3 Å². The molecule has 0 aliphatic rings. The number of esters is 1. The molecule has 0 unspecified atom stereocenters. The molecular formula is C33H42O5. The molecule has 0 aliphatic carbocycles. The zero-order chi connectivity index (χ0) is 27.1. The number of hydrogen-bond acceptors (Lipinski definition) is 5. The van der Waals surface area contributed by atoms with Crippen molar-refractivity contribution in [3.05, 3.63) is 78.9 Å². The van der Waals surface area contributed by atoms with E-state index in [4.69, 9.17) is 18.9 Å². The lowest BCUT2D eigenvalue weighted by molar-refractivity contribution is -0.153. The monoisotopic (exact) mass is 518 g/mol. The van der Waals surface area contributed by atoms with Crippen molar-refractivity contribution in [2.75, 3.05) is 26.4 Å². The van der Waals surface area contributed by atoms with Crippen LogP contribution in [-0.2, 0) is 9.53 Å². The maximum absolute atomic E-state index is 12.0. The standard InChI is InChI=1S/C33H42O5/c1-4-35-32(34)33(2,3)23-11-14-25-37-29-21-19-28(20-22-29)36-24-12-6-13-26-38-31-18-10-9-17-30(31)27-15-7-5-8-16-27/h5,7-10,15-22H,4,6,11-14,23-26H2,1-3H3. The van der Waals surface area contributed by atoms with Crippen LogP contribution in [0, 0.1) is 5.41 Å². The predicted octanol–water partition coefficient (Wildman–Crippen LogP) is 8.12. The first-order chi connectivity index (χ1) is 18.5. The fourth-order valence-electron chi connectivity index (χ4n) is 4.12. The summed E-state index contributed by atoms with van der Waals surface area (Å²) < 4.78 is 22.9. The average molecular weight is 519 g/mol. The zero-order valence-electron chi connectivity index (χ0n) is 23.1. The van der Waals surface area contributed by atoms with Gasteiger partial charge < -0.3 is 18.9 Å². The number of ether oxygens (including phenoxy) is 4. The lowest BCUT2D eigenvalue weighted by Gasteiger charge is -2.21. The highest BCUT2D eigenvalue weighted by Gasteiger charge is 2.28. The molecule has 0 fully saturated rings. The highest BCUT2D eigenvalue weighted by atomic mass is 16.5. The van der Waals surface area contributed by atoms with Crippen LogP contribution in [0.3, 0.4) is 0 Å². The molecule has 204 valence electrons. The number of rotatable bonds is 17. The average Bonchev–Trinajstić information content (AvgIpc) is 2.94. The summed E-state index contributed by atoms with van der Waals surface area (Å²) in [5, 5.41) is 0. The van der Waals surface area contributed by atoms with Gasteiger partial charge in [-0.2, -0.15) is 0 Å². The van der Waals surface area contributed by atoms with E-state index < -0.39 is 5.41 Å². The van der Waals surface area contributed by atoms with Gasteiger partial charge in [-0.05, 0) is 95.2 Å². The van der Waals surface area contributed by atoms with Gasteiger partial charge in [0, 0.05) is 5.56 Å². The number of carbonyl (C=O) groups is 1. The van der Waals surface area contributed by atoms with Crippen molar-refractivity contribution in [1.82, 2.24) is 0 Å². The van der Waals surface area contributed by atoms with E-state index in [-0.39, 0.29) is 5.97 Å². The summed E-state index contributed by atoms with van der Waals surface area (Å²) in [6.07, 6.45) is 5.59. The minimum Gasteiger partial charge on any atom is -0.494 e. The summed E-state index contributed by atoms with van der Waals surface area (Å²) in [7, 11) is 0. The van der Waals surface area contributed by atoms with Gasteiger partial charge >= 0.3 is 5.97 Å². The highest BCUT2D eigenvalue weighted by molar-refractivity contribution is 5.75. The Labute approximate surface area is 228 Å². The minimum atomic E-state index is -0.449. The summed E-state index contributed by atoms with van der Waals surface area (Å²) >= 11 is 0. The smallest absolute Gasteiger partial charge is 0.311 e. The van der Waals surface area contributed by atoms with Crippen LogP contribution >= 0.6 is 0 Å². The van der Waals surface area contributed by atoms with Crippen molar-refractivity contribution in [3.8, 4) is 28.4 Å². The molecule has 0 N–H and O–H groups in total. The second-order valence-corrected chi connectivity index (χ2v) is 10.0. The number of carbonyl (C=O) groups excluding carboxylic acids is 1. The molecule has 3 aromatic carbocycles. The fourth-order valence-corrected chi connectivity index (χ4v) is 4.12. The van der Waals surface area contributed by atoms with Gasteiger partial charge in [0.2, 0.25) is 0 Å². The van der Waals surface area contributed by atoms with Crippen molar-refractivity contribution in [3.63, 3.8) is 0 Å². The van der Waals surface area contributed by atoms with Gasteiger partial charge in [0.25, 0.3) is 0 Å². The maximum Gasteiger partial charge on any atom is 0.311 e. The normalized spacial score (nSPS) is 11.1. The largest absolute Gasteiger partial charge is 0.494 e. The molecule has 3 rings (SSSR count). The molecule has 0 saturated carbocycles. The van der Waals surface area contributed by atoms with Crippen molar-refractivity contribution < 1.29 is 23.7 Å². The van der Waals surface area contributed by atoms with Crippen LogP contribution in [0.5, 0.6) is 17.2 Å². The first-order valence-electron chi connectivity index (χ1n) is 13.8. The van der Waals surface area contributed by atoms with E-state index in [1.165, 1.54) is 5.56 Å². The van der Waals surface area contributed by atoms with Gasteiger partial charge in [-0.1, -0.05) is 48.5 Å². The molecule has 0 saturated heterocycles. The Morgan fingerprint density at radius 1 is 0.658 bits per heavy atom. The molecule has 38 heavy (non-hydrogen) atoms. The van der Waals surface area contributed by atoms with E-state index in [1.54, 1.807) is 0 Å². The second-order valence-electron chi connectivity index (χ2n) is 10.0. The molecular weight excluding hydrogens is 476 g/mol. The lowest BCUT2D eigenvalue weighted by atomic mass is 9.87. The SMILES string of the molecule is CCOC(=O)C(C)(C)CCCCOc1ccc(OCCCCCOc2ccccc2-c2ccccc2)cc1. The molecule has 0 bridgehead atoms. The third-order valence-electron chi connectivity index (χ3n) is 6.40. The molecule has 3 aromatic rings. The van der Waals surface area contributed by atoms with E-state index >= 15 is 0 Å². The van der Waals surface area contributed by atoms with Gasteiger partial charge in [0.05, 0.1) is 31.8 Å². The fraction of sp³-hybridized carbons (Fsp3) is 0.424. The van der Waals surface area contributed by atoms with Gasteiger partial charge in [-0.15, -0.1) is 0 Å². The Morgan fingerprint density at radius 2 is 1.21 bits per heavy atom. The Hall–Kier alpha value is -3.47. The third-order valence-corrected chi connectivity index (χ3v) is 6.40. The number of unbranched alkanes of at least 4 members (excludes halogenated alkanes) is 3. The van der Waals surface area contributed by atoms with Crippen LogP contribution in [0.15, 0.2) is 78.9 Å². The lowest BCUT2D eigenvalue weighted by Crippen LogP contribution is -2.26. The molecule has 0 aliphatic heterocycles. The molecule has 5 heteroatoms. The van der Waals surface area contributed by atoms with Crippen LogP contribution in [0.4, 0.5) is 0 Å². The van der Waals surface area contributed by atoms with Crippen molar-refractivity contribution in [1.29, 1.82) is 0 Å². The maximum atomic E-state index is 12.0. The summed E-state index contributed by atoms with van der Waals surface area (Å²) in [5.74, 6) is 2.48. The third kappa shape index (κ3) is 9.77. The Bertz CT molecular complexity index is 1080. The summed E-state index contributed by atoms with van der Waals surface area (Å²) in [5.41, 5.74) is 1.85. The van der Waals surface area contributed by atoms with Gasteiger partial charge in [-0.3, -0.25) is 4.79 Å². The molecule has 0 spiro atoms. The van der Waals surface area contributed by atoms with Gasteiger partial charge in [0.15, 0.2) is 0 Å². The first-order valence-corrected chi connectivity index (χ1v) is 13.8. The van der Waals surface area contributed by atoms with E-state index in [9.17, 15) is 4.79 Å². The summed E-state index contributed by atoms with van der Waals surface area (Å²) in [6.45, 7) is 8.12. The Balaban J connectivity index is 1.25. The topological polar surface area (TPSA) is 54.0 Å². The molecule has 0 atom stereocenters. The molecule has 0 aromatic heterocycles. The predicted molar refractivity (Wildman–Crippen MR) is 153 cm³/mol. The van der Waals surface area contributed by atoms with Crippen molar-refractivity contribution >= 4 is 5.97 Å². The molecule has 5 nitrogen and oxygen atoms in total. The van der Waals surface area contributed by atoms with Crippen molar-refractivity contribution in [2.45, 2.75) is 59.3 Å². The first kappa shape index (κ1) is 29.1. The van der Waals surface area contributed by atoms with Crippen LogP contribution in [0.25, 0.3) is 11.1 Å². The highest BCUT2D eigenvalue weighted by Crippen LogP contribution is 2.30. The van der Waals surface area contributed by atoms with E-state index in [2.05, 4.69) is 18.2 Å². The Morgan fingerprint density at radius 3 is 1.84 bits per heavy atom. The van der Waals surface area contributed by atoms with Gasteiger partial charge in [0.1, 0.15) is 17.2 Å². The molecule has 0 amide bonds. The quantitative estimate of drug-likeness (QED) is 0.133. The zero-order valence-corrected chi connectivity index (χ0v) is 23.1. The molecule has 0 radical (unpaired) electrons. The number of para-hydroxylation sites is 1.